The number of aryl methyl sites for hydroxylation is 1. The molecule has 0 saturated carbocycles. The van der Waals surface area contributed by atoms with E-state index in [0.29, 0.717) is 5.56 Å². The van der Waals surface area contributed by atoms with Crippen molar-refractivity contribution in [1.29, 1.82) is 0 Å². The highest BCUT2D eigenvalue weighted by atomic mass is 32.2. The summed E-state index contributed by atoms with van der Waals surface area (Å²) in [5.74, 6) is 0.0305. The van der Waals surface area contributed by atoms with Crippen LogP contribution in [-0.4, -0.2) is 21.9 Å². The second-order valence-corrected chi connectivity index (χ2v) is 4.57. The van der Waals surface area contributed by atoms with Gasteiger partial charge in [-0.3, -0.25) is 0 Å². The summed E-state index contributed by atoms with van der Waals surface area (Å²) in [6, 6.07) is 5.43. The smallest absolute Gasteiger partial charge is 0.337 e. The van der Waals surface area contributed by atoms with Gasteiger partial charge in [-0.2, -0.15) is 11.8 Å². The molecule has 0 aliphatic rings. The van der Waals surface area contributed by atoms with Gasteiger partial charge in [-0.25, -0.2) is 4.79 Å². The van der Waals surface area contributed by atoms with Gasteiger partial charge >= 0.3 is 5.97 Å². The molecule has 2 aromatic rings. The maximum atomic E-state index is 11.1. The van der Waals surface area contributed by atoms with Gasteiger partial charge < -0.3 is 9.67 Å². The average Bonchev–Trinajstić information content (AvgIpc) is 2.57. The molecule has 84 valence electrons. The van der Waals surface area contributed by atoms with Crippen molar-refractivity contribution in [2.24, 2.45) is 7.05 Å². The first-order valence-electron chi connectivity index (χ1n) is 4.94. The van der Waals surface area contributed by atoms with Crippen LogP contribution in [0.4, 0.5) is 0 Å². The molecule has 4 heteroatoms. The van der Waals surface area contributed by atoms with Crippen LogP contribution >= 0.6 is 11.8 Å². The Morgan fingerprint density at radius 1 is 1.50 bits per heavy atom. The fourth-order valence-corrected chi connectivity index (χ4v) is 2.53. The number of carbonyl (C=O) groups is 1. The van der Waals surface area contributed by atoms with Gasteiger partial charge in [0.15, 0.2) is 0 Å². The molecule has 0 aliphatic heterocycles. The van der Waals surface area contributed by atoms with E-state index in [1.807, 2.05) is 30.1 Å². The molecule has 0 atom stereocenters. The Kier molecular flexibility index (Phi) is 2.92. The number of thioether (sulfide) groups is 1. The average molecular weight is 235 g/mol. The minimum atomic E-state index is -0.873. The normalized spacial score (nSPS) is 10.9. The van der Waals surface area contributed by atoms with Crippen molar-refractivity contribution in [3.8, 4) is 0 Å². The number of aromatic carboxylic acids is 1. The van der Waals surface area contributed by atoms with Crippen molar-refractivity contribution in [2.75, 3.05) is 6.26 Å². The Morgan fingerprint density at radius 2 is 2.25 bits per heavy atom. The summed E-state index contributed by atoms with van der Waals surface area (Å²) in [4.78, 5) is 11.1. The molecule has 0 unspecified atom stereocenters. The van der Waals surface area contributed by atoms with Crippen molar-refractivity contribution in [1.82, 2.24) is 4.57 Å². The first-order chi connectivity index (χ1) is 7.65. The van der Waals surface area contributed by atoms with Crippen molar-refractivity contribution >= 4 is 28.6 Å². The molecule has 1 heterocycles. The van der Waals surface area contributed by atoms with E-state index in [9.17, 15) is 4.79 Å². The van der Waals surface area contributed by atoms with E-state index in [4.69, 9.17) is 5.11 Å². The van der Waals surface area contributed by atoms with Crippen LogP contribution in [0.2, 0.25) is 0 Å². The van der Waals surface area contributed by atoms with Gasteiger partial charge in [-0.15, -0.1) is 0 Å². The summed E-state index contributed by atoms with van der Waals surface area (Å²) < 4.78 is 1.89. The summed E-state index contributed by atoms with van der Waals surface area (Å²) in [5, 5.41) is 10.2. The Labute approximate surface area is 98.1 Å². The molecule has 1 aromatic heterocycles. The first-order valence-corrected chi connectivity index (χ1v) is 6.33. The highest BCUT2D eigenvalue weighted by Gasteiger charge is 2.13. The molecule has 0 aliphatic carbocycles. The van der Waals surface area contributed by atoms with E-state index in [-0.39, 0.29) is 0 Å². The molecular formula is C12H13NO2S. The number of hydrogen-bond donors (Lipinski definition) is 1. The Morgan fingerprint density at radius 3 is 2.88 bits per heavy atom. The van der Waals surface area contributed by atoms with Crippen molar-refractivity contribution < 1.29 is 9.90 Å². The minimum absolute atomic E-state index is 0.368. The van der Waals surface area contributed by atoms with Crippen LogP contribution in [0.15, 0.2) is 24.4 Å². The lowest BCUT2D eigenvalue weighted by Gasteiger charge is -2.01. The Bertz CT molecular complexity index is 545. The van der Waals surface area contributed by atoms with Crippen LogP contribution in [0.5, 0.6) is 0 Å². The third-order valence-corrected chi connectivity index (χ3v) is 3.21. The maximum Gasteiger partial charge on any atom is 0.337 e. The molecule has 2 rings (SSSR count). The summed E-state index contributed by atoms with van der Waals surface area (Å²) in [6.45, 7) is 0. The van der Waals surface area contributed by atoms with Crippen LogP contribution < -0.4 is 0 Å². The third-order valence-electron chi connectivity index (χ3n) is 2.61. The number of rotatable bonds is 3. The highest BCUT2D eigenvalue weighted by molar-refractivity contribution is 7.97. The van der Waals surface area contributed by atoms with Gasteiger partial charge in [-0.05, 0) is 17.9 Å². The fourth-order valence-electron chi connectivity index (χ4n) is 1.99. The number of hydrogen-bond acceptors (Lipinski definition) is 2. The zero-order valence-electron chi connectivity index (χ0n) is 9.23. The first kappa shape index (κ1) is 11.1. The number of fused-ring (bicyclic) bond motifs is 1. The Hall–Kier alpha value is -1.42. The highest BCUT2D eigenvalue weighted by Crippen LogP contribution is 2.26. The van der Waals surface area contributed by atoms with Crippen molar-refractivity contribution in [3.63, 3.8) is 0 Å². The molecule has 0 radical (unpaired) electrons. The summed E-state index contributed by atoms with van der Waals surface area (Å²) in [6.07, 6.45) is 4.05. The summed E-state index contributed by atoms with van der Waals surface area (Å²) >= 11 is 1.74. The molecule has 0 bridgehead atoms. The lowest BCUT2D eigenvalue weighted by molar-refractivity contribution is 0.0698. The fraction of sp³-hybridized carbons (Fsp3) is 0.250. The molecule has 1 aromatic carbocycles. The largest absolute Gasteiger partial charge is 0.478 e. The van der Waals surface area contributed by atoms with Crippen LogP contribution in [0.1, 0.15) is 15.9 Å². The van der Waals surface area contributed by atoms with Gasteiger partial charge in [-0.1, -0.05) is 12.1 Å². The predicted molar refractivity (Wildman–Crippen MR) is 67.1 cm³/mol. The minimum Gasteiger partial charge on any atom is -0.478 e. The number of carboxylic acid groups (broad SMARTS) is 1. The number of carboxylic acids is 1. The number of para-hydroxylation sites is 1. The topological polar surface area (TPSA) is 42.2 Å². The van der Waals surface area contributed by atoms with Gasteiger partial charge in [0.25, 0.3) is 0 Å². The van der Waals surface area contributed by atoms with Crippen LogP contribution in [0.3, 0.4) is 0 Å². The molecule has 0 amide bonds. The van der Waals surface area contributed by atoms with Gasteiger partial charge in [0.1, 0.15) is 0 Å². The van der Waals surface area contributed by atoms with Crippen LogP contribution in [0.25, 0.3) is 10.9 Å². The SMILES string of the molecule is CSCc1cn(C)c2c(C(=O)O)cccc12. The second-order valence-electron chi connectivity index (χ2n) is 3.71. The van der Waals surface area contributed by atoms with Gasteiger partial charge in [0, 0.05) is 24.4 Å². The molecule has 0 spiro atoms. The molecule has 16 heavy (non-hydrogen) atoms. The molecular weight excluding hydrogens is 222 g/mol. The zero-order chi connectivity index (χ0) is 11.7. The van der Waals surface area contributed by atoms with E-state index in [1.165, 1.54) is 5.56 Å². The summed E-state index contributed by atoms with van der Waals surface area (Å²) in [5.41, 5.74) is 2.36. The zero-order valence-corrected chi connectivity index (χ0v) is 10.0. The van der Waals surface area contributed by atoms with Crippen molar-refractivity contribution in [2.45, 2.75) is 5.75 Å². The quantitative estimate of drug-likeness (QED) is 0.889. The standard InChI is InChI=1S/C12H13NO2S/c1-13-6-8(7-16-2)9-4-3-5-10(11(9)13)12(14)15/h3-6H,7H2,1-2H3,(H,14,15). The second kappa shape index (κ2) is 4.22. The maximum absolute atomic E-state index is 11.1. The number of benzene rings is 1. The molecule has 3 nitrogen and oxygen atoms in total. The van der Waals surface area contributed by atoms with E-state index in [1.54, 1.807) is 23.9 Å². The number of aromatic nitrogens is 1. The summed E-state index contributed by atoms with van der Waals surface area (Å²) in [7, 11) is 1.89. The lowest BCUT2D eigenvalue weighted by Crippen LogP contribution is -1.99. The van der Waals surface area contributed by atoms with Crippen LogP contribution in [-0.2, 0) is 12.8 Å². The number of nitrogens with zero attached hydrogens (tertiary/aromatic N) is 1. The Balaban J connectivity index is 2.74. The third kappa shape index (κ3) is 1.69. The van der Waals surface area contributed by atoms with E-state index in [2.05, 4.69) is 0 Å². The van der Waals surface area contributed by atoms with E-state index in [0.717, 1.165) is 16.7 Å². The van der Waals surface area contributed by atoms with E-state index >= 15 is 0 Å². The molecule has 1 N–H and O–H groups in total. The van der Waals surface area contributed by atoms with Gasteiger partial charge in [0.2, 0.25) is 0 Å². The monoisotopic (exact) mass is 235 g/mol. The molecule has 0 fully saturated rings. The van der Waals surface area contributed by atoms with Gasteiger partial charge in [0.05, 0.1) is 11.1 Å². The predicted octanol–water partition coefficient (Wildman–Crippen LogP) is 2.74. The van der Waals surface area contributed by atoms with E-state index < -0.39 is 5.97 Å². The lowest BCUT2D eigenvalue weighted by atomic mass is 10.1. The molecule has 0 saturated heterocycles. The van der Waals surface area contributed by atoms with Crippen molar-refractivity contribution in [3.05, 3.63) is 35.5 Å². The van der Waals surface area contributed by atoms with Crippen LogP contribution in [0, 0.1) is 0 Å².